The summed E-state index contributed by atoms with van der Waals surface area (Å²) in [6.45, 7) is 1.34. The van der Waals surface area contributed by atoms with Gasteiger partial charge in [0.05, 0.1) is 12.2 Å². The molecule has 0 unspecified atom stereocenters. The van der Waals surface area contributed by atoms with Gasteiger partial charge in [0.15, 0.2) is 0 Å². The van der Waals surface area contributed by atoms with Crippen LogP contribution < -0.4 is 5.73 Å². The lowest BCUT2D eigenvalue weighted by Crippen LogP contribution is -2.01. The molecule has 3 rings (SSSR count). The molecule has 1 saturated carbocycles. The fraction of sp³-hybridized carbons (Fsp3) is 0.455. The van der Waals surface area contributed by atoms with Crippen molar-refractivity contribution < 1.29 is 4.52 Å². The molecular weight excluding hydrogens is 204 g/mol. The molecule has 84 valence electrons. The van der Waals surface area contributed by atoms with Crippen molar-refractivity contribution in [2.75, 3.05) is 0 Å². The lowest BCUT2D eigenvalue weighted by Gasteiger charge is -2.04. The summed E-state index contributed by atoms with van der Waals surface area (Å²) < 4.78 is 7.20. The topological polar surface area (TPSA) is 69.9 Å². The van der Waals surface area contributed by atoms with Crippen molar-refractivity contribution >= 4 is 0 Å². The summed E-state index contributed by atoms with van der Waals surface area (Å²) in [5.74, 6) is 1.94. The van der Waals surface area contributed by atoms with Crippen molar-refractivity contribution in [2.45, 2.75) is 25.9 Å². The van der Waals surface area contributed by atoms with E-state index in [9.17, 15) is 0 Å². The summed E-state index contributed by atoms with van der Waals surface area (Å²) >= 11 is 0. The van der Waals surface area contributed by atoms with Crippen LogP contribution >= 0.6 is 0 Å². The second kappa shape index (κ2) is 3.75. The highest BCUT2D eigenvalue weighted by atomic mass is 16.5. The second-order valence-corrected chi connectivity index (χ2v) is 4.21. The number of hydrogen-bond acceptors (Lipinski definition) is 4. The van der Waals surface area contributed by atoms with E-state index in [1.165, 1.54) is 12.8 Å². The van der Waals surface area contributed by atoms with E-state index in [2.05, 4.69) is 20.9 Å². The van der Waals surface area contributed by atoms with Crippen LogP contribution in [0.15, 0.2) is 22.9 Å². The normalized spacial score (nSPS) is 15.6. The van der Waals surface area contributed by atoms with Crippen LogP contribution in [0, 0.1) is 5.92 Å². The molecule has 0 spiro atoms. The first-order chi connectivity index (χ1) is 7.86. The van der Waals surface area contributed by atoms with Crippen LogP contribution in [-0.2, 0) is 13.1 Å². The van der Waals surface area contributed by atoms with E-state index < -0.39 is 0 Å². The van der Waals surface area contributed by atoms with Crippen molar-refractivity contribution in [1.82, 2.24) is 14.7 Å². The maximum atomic E-state index is 5.44. The highest BCUT2D eigenvalue weighted by molar-refractivity contribution is 5.49. The highest BCUT2D eigenvalue weighted by Crippen LogP contribution is 2.32. The Morgan fingerprint density at radius 1 is 1.50 bits per heavy atom. The Bertz CT molecular complexity index is 484. The molecular formula is C11H14N4O. The minimum absolute atomic E-state index is 0.288. The van der Waals surface area contributed by atoms with Gasteiger partial charge >= 0.3 is 0 Å². The number of hydrogen-bond donors (Lipinski definition) is 1. The lowest BCUT2D eigenvalue weighted by molar-refractivity contribution is 0.380. The van der Waals surface area contributed by atoms with Crippen LogP contribution in [0.25, 0.3) is 11.5 Å². The molecule has 0 radical (unpaired) electrons. The maximum absolute atomic E-state index is 5.44. The van der Waals surface area contributed by atoms with E-state index in [1.807, 2.05) is 12.1 Å². The summed E-state index contributed by atoms with van der Waals surface area (Å²) in [5.41, 5.74) is 6.45. The quantitative estimate of drug-likeness (QED) is 0.842. The third kappa shape index (κ3) is 1.74. The van der Waals surface area contributed by atoms with Crippen molar-refractivity contribution in [3.8, 4) is 11.5 Å². The third-order valence-electron chi connectivity index (χ3n) is 2.85. The molecule has 0 amide bonds. The predicted molar refractivity (Wildman–Crippen MR) is 58.3 cm³/mol. The molecule has 5 heteroatoms. The Balaban J connectivity index is 1.89. The number of rotatable bonds is 4. The van der Waals surface area contributed by atoms with Crippen molar-refractivity contribution in [2.24, 2.45) is 11.7 Å². The number of nitrogens with zero attached hydrogens (tertiary/aromatic N) is 3. The fourth-order valence-electron chi connectivity index (χ4n) is 1.80. The van der Waals surface area contributed by atoms with Gasteiger partial charge in [-0.05, 0) is 30.9 Å². The molecule has 0 atom stereocenters. The zero-order chi connectivity index (χ0) is 11.0. The molecule has 0 aliphatic heterocycles. The molecule has 2 aromatic heterocycles. The first kappa shape index (κ1) is 9.59. The molecule has 2 heterocycles. The Morgan fingerprint density at radius 2 is 2.38 bits per heavy atom. The fourth-order valence-corrected chi connectivity index (χ4v) is 1.80. The van der Waals surface area contributed by atoms with E-state index in [0.717, 1.165) is 18.2 Å². The average Bonchev–Trinajstić information content (AvgIpc) is 2.81. The second-order valence-electron chi connectivity index (χ2n) is 4.21. The summed E-state index contributed by atoms with van der Waals surface area (Å²) in [6.07, 6.45) is 4.72. The van der Waals surface area contributed by atoms with Gasteiger partial charge in [-0.15, -0.1) is 0 Å². The van der Waals surface area contributed by atoms with Gasteiger partial charge in [0.1, 0.15) is 0 Å². The molecule has 1 aliphatic rings. The summed E-state index contributed by atoms with van der Waals surface area (Å²) in [7, 11) is 0. The van der Waals surface area contributed by atoms with Crippen LogP contribution in [0.1, 0.15) is 18.7 Å². The van der Waals surface area contributed by atoms with Crippen LogP contribution in [0.2, 0.25) is 0 Å². The smallest absolute Gasteiger partial charge is 0.240 e. The SMILES string of the molecule is NCc1nc(-c2cccn2CC2CC2)no1. The first-order valence-electron chi connectivity index (χ1n) is 5.55. The van der Waals surface area contributed by atoms with Gasteiger partial charge < -0.3 is 14.8 Å². The van der Waals surface area contributed by atoms with Gasteiger partial charge in [0.25, 0.3) is 0 Å². The lowest BCUT2D eigenvalue weighted by atomic mass is 10.3. The molecule has 2 N–H and O–H groups in total. The molecule has 2 aromatic rings. The van der Waals surface area contributed by atoms with E-state index in [4.69, 9.17) is 10.3 Å². The largest absolute Gasteiger partial charge is 0.345 e. The van der Waals surface area contributed by atoms with Crippen molar-refractivity contribution in [1.29, 1.82) is 0 Å². The predicted octanol–water partition coefficient (Wildman–Crippen LogP) is 1.41. The van der Waals surface area contributed by atoms with E-state index in [1.54, 1.807) is 0 Å². The zero-order valence-corrected chi connectivity index (χ0v) is 8.97. The third-order valence-corrected chi connectivity index (χ3v) is 2.85. The monoisotopic (exact) mass is 218 g/mol. The molecule has 1 aliphatic carbocycles. The van der Waals surface area contributed by atoms with Gasteiger partial charge in [0, 0.05) is 12.7 Å². The van der Waals surface area contributed by atoms with Crippen molar-refractivity contribution in [3.05, 3.63) is 24.2 Å². The van der Waals surface area contributed by atoms with Gasteiger partial charge in [-0.25, -0.2) is 0 Å². The van der Waals surface area contributed by atoms with Crippen LogP contribution in [0.4, 0.5) is 0 Å². The van der Waals surface area contributed by atoms with Crippen molar-refractivity contribution in [3.63, 3.8) is 0 Å². The van der Waals surface area contributed by atoms with E-state index in [-0.39, 0.29) is 6.54 Å². The molecule has 0 bridgehead atoms. The highest BCUT2D eigenvalue weighted by Gasteiger charge is 2.23. The summed E-state index contributed by atoms with van der Waals surface area (Å²) in [4.78, 5) is 4.24. The van der Waals surface area contributed by atoms with E-state index in [0.29, 0.717) is 11.7 Å². The maximum Gasteiger partial charge on any atom is 0.240 e. The average molecular weight is 218 g/mol. The summed E-state index contributed by atoms with van der Waals surface area (Å²) in [5, 5.41) is 3.93. The Labute approximate surface area is 93.3 Å². The zero-order valence-electron chi connectivity index (χ0n) is 8.97. The van der Waals surface area contributed by atoms with E-state index >= 15 is 0 Å². The van der Waals surface area contributed by atoms with Crippen LogP contribution in [-0.4, -0.2) is 14.7 Å². The molecule has 0 aromatic carbocycles. The van der Waals surface area contributed by atoms with Gasteiger partial charge in [0.2, 0.25) is 11.7 Å². The molecule has 1 fully saturated rings. The molecule has 5 nitrogen and oxygen atoms in total. The van der Waals surface area contributed by atoms with Crippen LogP contribution in [0.3, 0.4) is 0 Å². The summed E-state index contributed by atoms with van der Waals surface area (Å²) in [6, 6.07) is 4.02. The Kier molecular flexibility index (Phi) is 2.25. The van der Waals surface area contributed by atoms with Gasteiger partial charge in [-0.2, -0.15) is 4.98 Å². The number of nitrogens with two attached hydrogens (primary N) is 1. The Morgan fingerprint density at radius 3 is 3.06 bits per heavy atom. The minimum atomic E-state index is 0.288. The van der Waals surface area contributed by atoms with Crippen LogP contribution in [0.5, 0.6) is 0 Å². The molecule has 0 saturated heterocycles. The Hall–Kier alpha value is -1.62. The number of aromatic nitrogens is 3. The standard InChI is InChI=1S/C11H14N4O/c12-6-10-13-11(14-16-10)9-2-1-5-15(9)7-8-3-4-8/h1-2,5,8H,3-4,6-7,12H2. The molecule has 16 heavy (non-hydrogen) atoms. The van der Waals surface area contributed by atoms with Gasteiger partial charge in [-0.3, -0.25) is 0 Å². The first-order valence-corrected chi connectivity index (χ1v) is 5.55. The minimum Gasteiger partial charge on any atom is -0.345 e. The van der Waals surface area contributed by atoms with Gasteiger partial charge in [-0.1, -0.05) is 5.16 Å².